The highest BCUT2D eigenvalue weighted by Gasteiger charge is 2.26. The fourth-order valence-electron chi connectivity index (χ4n) is 3.58. The number of nitrogens with zero attached hydrogens (tertiary/aromatic N) is 2. The average Bonchev–Trinajstić information content (AvgIpc) is 3.37. The molecule has 1 fully saturated rings. The second-order valence-electron chi connectivity index (χ2n) is 7.34. The van der Waals surface area contributed by atoms with Crippen LogP contribution in [-0.2, 0) is 16.1 Å². The summed E-state index contributed by atoms with van der Waals surface area (Å²) in [5.74, 6) is -0.107. The smallest absolute Gasteiger partial charge is 0.331 e. The topological polar surface area (TPSA) is 77.0 Å². The van der Waals surface area contributed by atoms with Crippen LogP contribution < -0.4 is 5.56 Å². The summed E-state index contributed by atoms with van der Waals surface area (Å²) in [7, 11) is 0. The molecule has 1 saturated carbocycles. The summed E-state index contributed by atoms with van der Waals surface area (Å²) in [4.78, 5) is 33.3. The molecule has 3 aromatic heterocycles. The van der Waals surface area contributed by atoms with Gasteiger partial charge in [0, 0.05) is 28.4 Å². The van der Waals surface area contributed by atoms with Gasteiger partial charge in [0.15, 0.2) is 0 Å². The number of ether oxygens (including phenoxy) is 1. The summed E-state index contributed by atoms with van der Waals surface area (Å²) in [5, 5.41) is 0.614. The van der Waals surface area contributed by atoms with Crippen molar-refractivity contribution in [1.29, 1.82) is 0 Å². The number of hydrogen-bond donors (Lipinski definition) is 1. The number of aryl methyl sites for hydroxylation is 3. The Hall–Kier alpha value is -2.67. The third-order valence-electron chi connectivity index (χ3n) is 5.27. The fraction of sp³-hybridized carbons (Fsp3) is 0.381. The van der Waals surface area contributed by atoms with Gasteiger partial charge in [-0.1, -0.05) is 0 Å². The lowest BCUT2D eigenvalue weighted by Crippen LogP contribution is -2.13. The van der Waals surface area contributed by atoms with E-state index in [9.17, 15) is 9.59 Å². The Morgan fingerprint density at radius 3 is 2.82 bits per heavy atom. The molecule has 7 heteroatoms. The maximum absolute atomic E-state index is 12.3. The summed E-state index contributed by atoms with van der Waals surface area (Å²) < 4.78 is 7.60. The van der Waals surface area contributed by atoms with Crippen molar-refractivity contribution >= 4 is 33.6 Å². The normalized spacial score (nSPS) is 14.3. The standard InChI is InChI=1S/C21H23N3O3S/c1-11-9-15(13(3)24(11)16-6-7-16)5-8-18(25)27-10-17-22-20(26)19-12(2)14(4)28-21(19)23-17/h5,8-9,16H,6-7,10H2,1-4H3,(H,22,23,26)/b8-5+. The predicted molar refractivity (Wildman–Crippen MR) is 111 cm³/mol. The molecule has 1 N–H and O–H groups in total. The SMILES string of the molecule is Cc1sc2nc(COC(=O)/C=C/c3cc(C)n(C4CC4)c3C)[nH]c(=O)c2c1C. The highest BCUT2D eigenvalue weighted by Crippen LogP contribution is 2.38. The lowest BCUT2D eigenvalue weighted by atomic mass is 10.2. The molecular formula is C21H23N3O3S. The zero-order chi connectivity index (χ0) is 20.0. The molecule has 1 aliphatic carbocycles. The van der Waals surface area contributed by atoms with Crippen molar-refractivity contribution in [1.82, 2.24) is 14.5 Å². The van der Waals surface area contributed by atoms with Gasteiger partial charge in [-0.3, -0.25) is 4.79 Å². The molecule has 28 heavy (non-hydrogen) atoms. The first-order valence-electron chi connectivity index (χ1n) is 9.37. The largest absolute Gasteiger partial charge is 0.454 e. The molecule has 146 valence electrons. The molecule has 6 nitrogen and oxygen atoms in total. The molecule has 0 amide bonds. The van der Waals surface area contributed by atoms with Crippen molar-refractivity contribution in [2.24, 2.45) is 0 Å². The molecule has 0 aromatic carbocycles. The highest BCUT2D eigenvalue weighted by molar-refractivity contribution is 7.18. The number of aromatic nitrogens is 3. The minimum absolute atomic E-state index is 0.0640. The zero-order valence-corrected chi connectivity index (χ0v) is 17.3. The number of esters is 1. The molecule has 0 spiro atoms. The first-order chi connectivity index (χ1) is 13.3. The van der Waals surface area contributed by atoms with E-state index in [1.165, 1.54) is 41.6 Å². The van der Waals surface area contributed by atoms with Crippen LogP contribution in [-0.4, -0.2) is 20.5 Å². The maximum atomic E-state index is 12.3. The predicted octanol–water partition coefficient (Wildman–Crippen LogP) is 4.11. The summed E-state index contributed by atoms with van der Waals surface area (Å²) in [5.41, 5.74) is 4.16. The molecule has 4 rings (SSSR count). The molecule has 0 aliphatic heterocycles. The van der Waals surface area contributed by atoms with E-state index in [2.05, 4.69) is 34.4 Å². The molecule has 3 aromatic rings. The number of carbonyl (C=O) groups is 1. The van der Waals surface area contributed by atoms with Crippen LogP contribution in [0.5, 0.6) is 0 Å². The lowest BCUT2D eigenvalue weighted by molar-refractivity contribution is -0.139. The van der Waals surface area contributed by atoms with Crippen molar-refractivity contribution in [3.63, 3.8) is 0 Å². The monoisotopic (exact) mass is 397 g/mol. The number of H-pyrrole nitrogens is 1. The van der Waals surface area contributed by atoms with Gasteiger partial charge in [-0.05, 0) is 63.8 Å². The Bertz CT molecular complexity index is 1160. The van der Waals surface area contributed by atoms with Gasteiger partial charge in [0.05, 0.1) is 5.39 Å². The summed E-state index contributed by atoms with van der Waals surface area (Å²) in [6.07, 6.45) is 5.66. The van der Waals surface area contributed by atoms with E-state index in [1.807, 2.05) is 13.8 Å². The third kappa shape index (κ3) is 3.42. The van der Waals surface area contributed by atoms with Crippen molar-refractivity contribution in [3.05, 3.63) is 55.7 Å². The molecule has 1 aliphatic rings. The van der Waals surface area contributed by atoms with E-state index in [-0.39, 0.29) is 12.2 Å². The Morgan fingerprint density at radius 1 is 1.36 bits per heavy atom. The average molecular weight is 398 g/mol. The van der Waals surface area contributed by atoms with Crippen molar-refractivity contribution in [3.8, 4) is 0 Å². The fourth-order valence-corrected chi connectivity index (χ4v) is 4.63. The van der Waals surface area contributed by atoms with Gasteiger partial charge < -0.3 is 14.3 Å². The van der Waals surface area contributed by atoms with Gasteiger partial charge >= 0.3 is 5.97 Å². The van der Waals surface area contributed by atoms with E-state index in [0.29, 0.717) is 22.1 Å². The van der Waals surface area contributed by atoms with Crippen molar-refractivity contribution < 1.29 is 9.53 Å². The number of thiophene rings is 1. The van der Waals surface area contributed by atoms with E-state index in [1.54, 1.807) is 6.08 Å². The molecule has 0 unspecified atom stereocenters. The lowest BCUT2D eigenvalue weighted by Gasteiger charge is -2.06. The maximum Gasteiger partial charge on any atom is 0.331 e. The Balaban J connectivity index is 1.45. The van der Waals surface area contributed by atoms with E-state index < -0.39 is 5.97 Å². The summed E-state index contributed by atoms with van der Waals surface area (Å²) in [6, 6.07) is 2.70. The van der Waals surface area contributed by atoms with Crippen LogP contribution in [0.4, 0.5) is 0 Å². The highest BCUT2D eigenvalue weighted by atomic mass is 32.1. The van der Waals surface area contributed by atoms with Crippen LogP contribution in [0.15, 0.2) is 16.9 Å². The Labute approximate surface area is 166 Å². The van der Waals surface area contributed by atoms with Crippen LogP contribution in [0.25, 0.3) is 16.3 Å². The number of rotatable bonds is 5. The number of fused-ring (bicyclic) bond motifs is 1. The van der Waals surface area contributed by atoms with Crippen molar-refractivity contribution in [2.75, 3.05) is 0 Å². The van der Waals surface area contributed by atoms with Crippen LogP contribution in [0.1, 0.15) is 52.1 Å². The molecular weight excluding hydrogens is 374 g/mol. The van der Waals surface area contributed by atoms with Crippen LogP contribution >= 0.6 is 11.3 Å². The first kappa shape index (κ1) is 18.7. The first-order valence-corrected chi connectivity index (χ1v) is 10.2. The number of hydrogen-bond acceptors (Lipinski definition) is 5. The minimum atomic E-state index is -0.461. The number of carbonyl (C=O) groups excluding carboxylic acids is 1. The molecule has 0 saturated heterocycles. The second-order valence-corrected chi connectivity index (χ2v) is 8.55. The van der Waals surface area contributed by atoms with E-state index in [0.717, 1.165) is 16.0 Å². The quantitative estimate of drug-likeness (QED) is 0.519. The molecule has 3 heterocycles. The second kappa shape index (κ2) is 7.05. The van der Waals surface area contributed by atoms with Crippen LogP contribution in [0, 0.1) is 27.7 Å². The summed E-state index contributed by atoms with van der Waals surface area (Å²) >= 11 is 1.47. The number of nitrogens with one attached hydrogen (secondary N) is 1. The molecule has 0 bridgehead atoms. The molecule has 0 atom stereocenters. The van der Waals surface area contributed by atoms with Gasteiger partial charge in [0.2, 0.25) is 0 Å². The number of aromatic amines is 1. The Morgan fingerprint density at radius 2 is 2.11 bits per heavy atom. The molecule has 0 radical (unpaired) electrons. The third-order valence-corrected chi connectivity index (χ3v) is 6.37. The van der Waals surface area contributed by atoms with Gasteiger partial charge in [0.1, 0.15) is 17.3 Å². The van der Waals surface area contributed by atoms with E-state index in [4.69, 9.17) is 4.74 Å². The van der Waals surface area contributed by atoms with Crippen LogP contribution in [0.3, 0.4) is 0 Å². The van der Waals surface area contributed by atoms with E-state index >= 15 is 0 Å². The zero-order valence-electron chi connectivity index (χ0n) is 16.5. The van der Waals surface area contributed by atoms with Crippen molar-refractivity contribution in [2.45, 2.75) is 53.2 Å². The van der Waals surface area contributed by atoms with Crippen LogP contribution in [0.2, 0.25) is 0 Å². The van der Waals surface area contributed by atoms with Gasteiger partial charge in [-0.15, -0.1) is 11.3 Å². The minimum Gasteiger partial charge on any atom is -0.454 e. The van der Waals surface area contributed by atoms with Gasteiger partial charge in [-0.25, -0.2) is 9.78 Å². The van der Waals surface area contributed by atoms with Gasteiger partial charge in [-0.2, -0.15) is 0 Å². The van der Waals surface area contributed by atoms with Gasteiger partial charge in [0.25, 0.3) is 5.56 Å². The Kier molecular flexibility index (Phi) is 4.71. The summed E-state index contributed by atoms with van der Waals surface area (Å²) in [6.45, 7) is 7.98.